The Morgan fingerprint density at radius 2 is 1.55 bits per heavy atom. The molecule has 4 aliphatic carbocycles. The average Bonchev–Trinajstić information content (AvgIpc) is 3.65. The largest absolute Gasteiger partial charge is 0.356 e. The summed E-state index contributed by atoms with van der Waals surface area (Å²) >= 11 is 6.20. The van der Waals surface area contributed by atoms with Gasteiger partial charge in [0.25, 0.3) is 0 Å². The molecule has 2 amide bonds. The predicted molar refractivity (Wildman–Crippen MR) is 132 cm³/mol. The van der Waals surface area contributed by atoms with Gasteiger partial charge in [0.05, 0.1) is 0 Å². The van der Waals surface area contributed by atoms with Crippen molar-refractivity contribution in [1.82, 2.24) is 16.0 Å². The van der Waals surface area contributed by atoms with Crippen LogP contribution in [0.15, 0.2) is 0 Å². The molecule has 1 aliphatic heterocycles. The highest BCUT2D eigenvalue weighted by Crippen LogP contribution is 2.50. The average molecular weight is 478 g/mol. The lowest BCUT2D eigenvalue weighted by molar-refractivity contribution is -0.127. The van der Waals surface area contributed by atoms with Crippen molar-refractivity contribution < 1.29 is 9.59 Å². The maximum atomic E-state index is 12.9. The SMILES string of the molecule is O=C(NCC1CCC(Cl)CC1)C1CCC(C2CC2C(=O)NC2CCC3CNCCC3C2)CC1. The van der Waals surface area contributed by atoms with Crippen LogP contribution in [-0.4, -0.2) is 42.9 Å². The van der Waals surface area contributed by atoms with Crippen LogP contribution in [0.3, 0.4) is 0 Å². The van der Waals surface area contributed by atoms with Gasteiger partial charge in [-0.15, -0.1) is 11.6 Å². The summed E-state index contributed by atoms with van der Waals surface area (Å²) in [6.45, 7) is 3.14. The monoisotopic (exact) mass is 477 g/mol. The van der Waals surface area contributed by atoms with E-state index in [9.17, 15) is 9.59 Å². The second-order valence-corrected chi connectivity index (χ2v) is 12.6. The fraction of sp³-hybridized carbons (Fsp3) is 0.926. The van der Waals surface area contributed by atoms with E-state index < -0.39 is 0 Å². The Balaban J connectivity index is 0.989. The molecule has 5 atom stereocenters. The van der Waals surface area contributed by atoms with Gasteiger partial charge in [-0.3, -0.25) is 9.59 Å². The van der Waals surface area contributed by atoms with Crippen LogP contribution < -0.4 is 16.0 Å². The molecule has 3 N–H and O–H groups in total. The predicted octanol–water partition coefficient (Wildman–Crippen LogP) is 4.24. The molecule has 0 aromatic heterocycles. The molecule has 5 aliphatic rings. The van der Waals surface area contributed by atoms with Gasteiger partial charge in [-0.1, -0.05) is 0 Å². The Kier molecular flexibility index (Phi) is 7.86. The molecule has 5 nitrogen and oxygen atoms in total. The number of hydrogen-bond donors (Lipinski definition) is 3. The third-order valence-corrected chi connectivity index (χ3v) is 10.3. The van der Waals surface area contributed by atoms with Crippen molar-refractivity contribution in [2.75, 3.05) is 19.6 Å². The second kappa shape index (κ2) is 10.8. The Bertz CT molecular complexity index is 687. The number of hydrogen-bond acceptors (Lipinski definition) is 3. The molecule has 0 aromatic rings. The second-order valence-electron chi connectivity index (χ2n) is 12.0. The maximum Gasteiger partial charge on any atom is 0.223 e. The van der Waals surface area contributed by atoms with E-state index in [0.29, 0.717) is 35.1 Å². The molecule has 0 aromatic carbocycles. The number of fused-ring (bicyclic) bond motifs is 1. The van der Waals surface area contributed by atoms with E-state index in [1.54, 1.807) is 0 Å². The first-order chi connectivity index (χ1) is 16.1. The van der Waals surface area contributed by atoms with Crippen molar-refractivity contribution in [1.29, 1.82) is 0 Å². The highest BCUT2D eigenvalue weighted by atomic mass is 35.5. The highest BCUT2D eigenvalue weighted by molar-refractivity contribution is 6.20. The van der Waals surface area contributed by atoms with Crippen molar-refractivity contribution in [3.05, 3.63) is 0 Å². The van der Waals surface area contributed by atoms with Gasteiger partial charge < -0.3 is 16.0 Å². The first-order valence-corrected chi connectivity index (χ1v) is 14.4. The number of piperidine rings is 1. The number of halogens is 1. The first kappa shape index (κ1) is 23.9. The Labute approximate surface area is 204 Å². The number of amides is 2. The van der Waals surface area contributed by atoms with Crippen LogP contribution in [0.4, 0.5) is 0 Å². The van der Waals surface area contributed by atoms with Crippen LogP contribution in [0.1, 0.15) is 83.5 Å². The van der Waals surface area contributed by atoms with E-state index >= 15 is 0 Å². The third kappa shape index (κ3) is 6.07. The summed E-state index contributed by atoms with van der Waals surface area (Å²) in [6.07, 6.45) is 14.6. The lowest BCUT2D eigenvalue weighted by Gasteiger charge is -2.39. The van der Waals surface area contributed by atoms with Gasteiger partial charge in [-0.2, -0.15) is 0 Å². The van der Waals surface area contributed by atoms with E-state index in [1.165, 1.54) is 25.8 Å². The van der Waals surface area contributed by atoms with Crippen molar-refractivity contribution >= 4 is 23.4 Å². The number of alkyl halides is 1. The topological polar surface area (TPSA) is 70.2 Å². The lowest BCUT2D eigenvalue weighted by atomic mass is 9.73. The fourth-order valence-electron chi connectivity index (χ4n) is 7.53. The Morgan fingerprint density at radius 1 is 0.788 bits per heavy atom. The van der Waals surface area contributed by atoms with Crippen LogP contribution in [0, 0.1) is 41.4 Å². The minimum absolute atomic E-state index is 0.178. The van der Waals surface area contributed by atoms with Gasteiger partial charge >= 0.3 is 0 Å². The summed E-state index contributed by atoms with van der Waals surface area (Å²) in [6, 6.07) is 0.400. The van der Waals surface area contributed by atoms with Crippen molar-refractivity contribution in [2.24, 2.45) is 41.4 Å². The van der Waals surface area contributed by atoms with Crippen LogP contribution in [0.2, 0.25) is 0 Å². The zero-order valence-corrected chi connectivity index (χ0v) is 21.0. The third-order valence-electron chi connectivity index (χ3n) is 9.85. The zero-order chi connectivity index (χ0) is 22.8. The minimum atomic E-state index is 0.178. The molecule has 1 saturated heterocycles. The smallest absolute Gasteiger partial charge is 0.223 e. The normalized spacial score (nSPS) is 43.2. The van der Waals surface area contributed by atoms with Gasteiger partial charge in [-0.25, -0.2) is 0 Å². The summed E-state index contributed by atoms with van der Waals surface area (Å²) in [7, 11) is 0. The molecule has 186 valence electrons. The van der Waals surface area contributed by atoms with Crippen LogP contribution in [0.25, 0.3) is 0 Å². The summed E-state index contributed by atoms with van der Waals surface area (Å²) in [5.41, 5.74) is 0. The Morgan fingerprint density at radius 3 is 2.33 bits per heavy atom. The van der Waals surface area contributed by atoms with Gasteiger partial charge in [0.15, 0.2) is 0 Å². The van der Waals surface area contributed by atoms with Crippen molar-refractivity contribution in [2.45, 2.75) is 94.9 Å². The van der Waals surface area contributed by atoms with E-state index in [-0.39, 0.29) is 17.7 Å². The maximum absolute atomic E-state index is 12.9. The van der Waals surface area contributed by atoms with Crippen LogP contribution >= 0.6 is 11.6 Å². The molecule has 5 rings (SSSR count). The molecule has 33 heavy (non-hydrogen) atoms. The van der Waals surface area contributed by atoms with Gasteiger partial charge in [0, 0.05) is 29.8 Å². The molecule has 5 fully saturated rings. The van der Waals surface area contributed by atoms with E-state index in [2.05, 4.69) is 16.0 Å². The first-order valence-electron chi connectivity index (χ1n) is 14.0. The van der Waals surface area contributed by atoms with E-state index in [0.717, 1.165) is 89.1 Å². The van der Waals surface area contributed by atoms with Crippen molar-refractivity contribution in [3.63, 3.8) is 0 Å². The summed E-state index contributed by atoms with van der Waals surface area (Å²) in [5.74, 6) is 4.45. The van der Waals surface area contributed by atoms with E-state index in [1.807, 2.05) is 0 Å². The van der Waals surface area contributed by atoms with Crippen LogP contribution in [0.5, 0.6) is 0 Å². The number of rotatable bonds is 6. The fourth-order valence-corrected chi connectivity index (χ4v) is 7.78. The summed E-state index contributed by atoms with van der Waals surface area (Å²) < 4.78 is 0. The molecule has 6 heteroatoms. The highest BCUT2D eigenvalue weighted by Gasteiger charge is 2.49. The van der Waals surface area contributed by atoms with Gasteiger partial charge in [-0.05, 0) is 126 Å². The molecule has 4 saturated carbocycles. The molecule has 1 heterocycles. The summed E-state index contributed by atoms with van der Waals surface area (Å²) in [5, 5.41) is 10.5. The number of carbonyl (C=O) groups is 2. The van der Waals surface area contributed by atoms with Gasteiger partial charge in [0.2, 0.25) is 11.8 Å². The Hall–Kier alpha value is -0.810. The van der Waals surface area contributed by atoms with Crippen molar-refractivity contribution in [3.8, 4) is 0 Å². The van der Waals surface area contributed by atoms with Crippen LogP contribution in [-0.2, 0) is 9.59 Å². The molecular weight excluding hydrogens is 434 g/mol. The molecule has 0 spiro atoms. The molecule has 0 radical (unpaired) electrons. The lowest BCUT2D eigenvalue weighted by Crippen LogP contribution is -2.46. The number of carbonyl (C=O) groups excluding carboxylic acids is 2. The summed E-state index contributed by atoms with van der Waals surface area (Å²) in [4.78, 5) is 25.6. The zero-order valence-electron chi connectivity index (χ0n) is 20.2. The standard InChI is InChI=1S/C27H44ClN3O2/c28-22-8-1-17(2-9-22)15-30-26(32)19-5-3-18(4-6-19)24-14-25(24)27(33)31-23-10-7-21-16-29-12-11-20(21)13-23/h17-25,29H,1-16H2,(H,30,32)(H,31,33). The van der Waals surface area contributed by atoms with Gasteiger partial charge in [0.1, 0.15) is 0 Å². The quantitative estimate of drug-likeness (QED) is 0.501. The minimum Gasteiger partial charge on any atom is -0.356 e. The number of nitrogens with one attached hydrogen (secondary N) is 3. The molecular formula is C27H44ClN3O2. The molecule has 5 unspecified atom stereocenters. The molecule has 0 bridgehead atoms. The van der Waals surface area contributed by atoms with E-state index in [4.69, 9.17) is 11.6 Å².